The van der Waals surface area contributed by atoms with E-state index >= 15 is 0 Å². The summed E-state index contributed by atoms with van der Waals surface area (Å²) < 4.78 is 0. The molecule has 0 atom stereocenters. The molecular formula is C20H25Li. The maximum absolute atomic E-state index is 3.49. The van der Waals surface area contributed by atoms with Crippen molar-refractivity contribution in [2.24, 2.45) is 0 Å². The van der Waals surface area contributed by atoms with E-state index in [4.69, 9.17) is 0 Å². The van der Waals surface area contributed by atoms with E-state index in [1.165, 1.54) is 22.3 Å². The average molecular weight is 272 g/mol. The summed E-state index contributed by atoms with van der Waals surface area (Å²) in [6.07, 6.45) is 0. The molecule has 0 aromatic heterocycles. The molecule has 0 spiro atoms. The van der Waals surface area contributed by atoms with Gasteiger partial charge in [-0.3, -0.25) is 0 Å². The van der Waals surface area contributed by atoms with Crippen LogP contribution in [-0.4, -0.2) is 0 Å². The minimum atomic E-state index is 0. The van der Waals surface area contributed by atoms with Gasteiger partial charge in [0.15, 0.2) is 0 Å². The first-order valence-electron chi connectivity index (χ1n) is 7.32. The average Bonchev–Trinajstić information content (AvgIpc) is 2.37. The van der Waals surface area contributed by atoms with E-state index in [2.05, 4.69) is 90.1 Å². The summed E-state index contributed by atoms with van der Waals surface area (Å²) in [4.78, 5) is 0. The molecule has 0 N–H and O–H groups in total. The van der Waals surface area contributed by atoms with Gasteiger partial charge in [0.2, 0.25) is 0 Å². The van der Waals surface area contributed by atoms with E-state index in [1.54, 1.807) is 0 Å². The third-order valence-corrected chi connectivity index (χ3v) is 3.58. The summed E-state index contributed by atoms with van der Waals surface area (Å²) in [6, 6.07) is 18.4. The fourth-order valence-corrected chi connectivity index (χ4v) is 2.73. The summed E-state index contributed by atoms with van der Waals surface area (Å²) in [6.45, 7) is 13.7. The minimum Gasteiger partial charge on any atom is -0.180 e. The topological polar surface area (TPSA) is 0 Å². The molecule has 0 aliphatic carbocycles. The summed E-state index contributed by atoms with van der Waals surface area (Å²) in [5, 5.41) is 0. The SMILES string of the molecule is CC(C)(C)c1[c-]ccc(-c2ccccc2)c1C(C)(C)C.[Li+]. The van der Waals surface area contributed by atoms with E-state index < -0.39 is 0 Å². The Morgan fingerprint density at radius 3 is 1.81 bits per heavy atom. The van der Waals surface area contributed by atoms with Crippen molar-refractivity contribution in [3.05, 3.63) is 59.7 Å². The molecule has 0 saturated heterocycles. The zero-order chi connectivity index (χ0) is 15.0. The third kappa shape index (κ3) is 4.03. The third-order valence-electron chi connectivity index (χ3n) is 3.58. The molecule has 0 heterocycles. The minimum absolute atomic E-state index is 0. The van der Waals surface area contributed by atoms with Gasteiger partial charge in [-0.25, -0.2) is 0 Å². The van der Waals surface area contributed by atoms with Crippen molar-refractivity contribution in [1.29, 1.82) is 0 Å². The molecule has 1 heteroatoms. The van der Waals surface area contributed by atoms with Gasteiger partial charge >= 0.3 is 18.9 Å². The van der Waals surface area contributed by atoms with Crippen LogP contribution >= 0.6 is 0 Å². The molecular weight excluding hydrogens is 247 g/mol. The van der Waals surface area contributed by atoms with Gasteiger partial charge in [-0.05, 0) is 11.0 Å². The summed E-state index contributed by atoms with van der Waals surface area (Å²) in [7, 11) is 0. The molecule has 2 aromatic rings. The van der Waals surface area contributed by atoms with Crippen molar-refractivity contribution >= 4 is 0 Å². The summed E-state index contributed by atoms with van der Waals surface area (Å²) in [5.74, 6) is 0. The van der Waals surface area contributed by atoms with Crippen molar-refractivity contribution in [3.63, 3.8) is 0 Å². The van der Waals surface area contributed by atoms with Crippen molar-refractivity contribution in [1.82, 2.24) is 0 Å². The second-order valence-electron chi connectivity index (χ2n) is 7.51. The Balaban J connectivity index is 0.00000220. The predicted octanol–water partition coefficient (Wildman–Crippen LogP) is 2.75. The number of benzene rings is 2. The standard InChI is InChI=1S/C20H25.Li/c1-19(2,3)17-14-10-13-16(18(17)20(4,5)6)15-11-8-7-9-12-15;/h7-13H,1-6H3;/q-1;+1. The van der Waals surface area contributed by atoms with Crippen LogP contribution in [0.25, 0.3) is 11.1 Å². The summed E-state index contributed by atoms with van der Waals surface area (Å²) in [5.41, 5.74) is 5.57. The van der Waals surface area contributed by atoms with Crippen LogP contribution in [0, 0.1) is 6.07 Å². The Labute approximate surface area is 142 Å². The second kappa shape index (κ2) is 6.43. The van der Waals surface area contributed by atoms with Crippen molar-refractivity contribution in [2.75, 3.05) is 0 Å². The fourth-order valence-electron chi connectivity index (χ4n) is 2.73. The molecule has 0 aliphatic heterocycles. The van der Waals surface area contributed by atoms with E-state index in [1.807, 2.05) is 0 Å². The fraction of sp³-hybridized carbons (Fsp3) is 0.400. The number of hydrogen-bond acceptors (Lipinski definition) is 0. The van der Waals surface area contributed by atoms with Gasteiger partial charge in [-0.15, -0.1) is 11.1 Å². The Kier molecular flexibility index (Phi) is 5.54. The van der Waals surface area contributed by atoms with Gasteiger partial charge in [0, 0.05) is 0 Å². The van der Waals surface area contributed by atoms with E-state index in [9.17, 15) is 0 Å². The summed E-state index contributed by atoms with van der Waals surface area (Å²) >= 11 is 0. The molecule has 106 valence electrons. The molecule has 2 rings (SSSR count). The van der Waals surface area contributed by atoms with Gasteiger partial charge in [0.1, 0.15) is 0 Å². The molecule has 0 aliphatic rings. The second-order valence-corrected chi connectivity index (χ2v) is 7.51. The Morgan fingerprint density at radius 2 is 1.33 bits per heavy atom. The number of rotatable bonds is 1. The molecule has 0 nitrogen and oxygen atoms in total. The van der Waals surface area contributed by atoms with Gasteiger partial charge in [-0.1, -0.05) is 77.3 Å². The van der Waals surface area contributed by atoms with Crippen LogP contribution < -0.4 is 18.9 Å². The maximum atomic E-state index is 3.49. The van der Waals surface area contributed by atoms with Gasteiger partial charge in [-0.2, -0.15) is 23.8 Å². The Bertz CT molecular complexity index is 583. The maximum Gasteiger partial charge on any atom is 1.00 e. The van der Waals surface area contributed by atoms with Crippen molar-refractivity contribution < 1.29 is 18.9 Å². The van der Waals surface area contributed by atoms with Crippen LogP contribution in [-0.2, 0) is 10.8 Å². The molecule has 0 saturated carbocycles. The van der Waals surface area contributed by atoms with Gasteiger partial charge in [0.25, 0.3) is 0 Å². The molecule has 2 aromatic carbocycles. The largest absolute Gasteiger partial charge is 1.00 e. The quantitative estimate of drug-likeness (QED) is 0.553. The molecule has 21 heavy (non-hydrogen) atoms. The molecule has 0 amide bonds. The smallest absolute Gasteiger partial charge is 0.180 e. The van der Waals surface area contributed by atoms with Crippen LogP contribution in [0.15, 0.2) is 42.5 Å². The van der Waals surface area contributed by atoms with E-state index in [-0.39, 0.29) is 29.7 Å². The predicted molar refractivity (Wildman–Crippen MR) is 88.1 cm³/mol. The van der Waals surface area contributed by atoms with Gasteiger partial charge < -0.3 is 0 Å². The Hall–Kier alpha value is -0.963. The van der Waals surface area contributed by atoms with E-state index in [0.29, 0.717) is 0 Å². The van der Waals surface area contributed by atoms with Crippen molar-refractivity contribution in [2.45, 2.75) is 52.4 Å². The first-order valence-corrected chi connectivity index (χ1v) is 7.32. The Morgan fingerprint density at radius 1 is 0.762 bits per heavy atom. The molecule has 0 bridgehead atoms. The monoisotopic (exact) mass is 272 g/mol. The van der Waals surface area contributed by atoms with E-state index in [0.717, 1.165) is 0 Å². The molecule has 0 unspecified atom stereocenters. The normalized spacial score (nSPS) is 11.9. The first-order chi connectivity index (χ1) is 9.21. The zero-order valence-electron chi connectivity index (χ0n) is 14.5. The molecule has 0 fully saturated rings. The van der Waals surface area contributed by atoms with Crippen LogP contribution in [0.2, 0.25) is 0 Å². The zero-order valence-corrected chi connectivity index (χ0v) is 14.5. The van der Waals surface area contributed by atoms with Crippen molar-refractivity contribution in [3.8, 4) is 11.1 Å². The van der Waals surface area contributed by atoms with Crippen LogP contribution in [0.1, 0.15) is 52.7 Å². The molecule has 0 radical (unpaired) electrons. The van der Waals surface area contributed by atoms with Crippen LogP contribution in [0.5, 0.6) is 0 Å². The first kappa shape index (κ1) is 18.1. The van der Waals surface area contributed by atoms with Crippen LogP contribution in [0.3, 0.4) is 0 Å². The van der Waals surface area contributed by atoms with Crippen LogP contribution in [0.4, 0.5) is 0 Å². The number of hydrogen-bond donors (Lipinski definition) is 0. The van der Waals surface area contributed by atoms with Gasteiger partial charge in [0.05, 0.1) is 0 Å².